The van der Waals surface area contributed by atoms with Gasteiger partial charge in [-0.2, -0.15) is 0 Å². The van der Waals surface area contributed by atoms with E-state index < -0.39 is 6.16 Å². The van der Waals surface area contributed by atoms with Crippen LogP contribution >= 0.6 is 15.9 Å². The van der Waals surface area contributed by atoms with E-state index in [1.807, 2.05) is 0 Å². The lowest BCUT2D eigenvalue weighted by Crippen LogP contribution is -2.05. The lowest BCUT2D eigenvalue weighted by atomic mass is 10.2. The minimum absolute atomic E-state index is 0.473. The van der Waals surface area contributed by atoms with Gasteiger partial charge in [0.1, 0.15) is 0 Å². The molecule has 0 aromatic heterocycles. The van der Waals surface area contributed by atoms with Crippen LogP contribution in [0.25, 0.3) is 0 Å². The molecule has 0 rings (SSSR count). The van der Waals surface area contributed by atoms with Crippen LogP contribution in [0.4, 0.5) is 4.79 Å². The van der Waals surface area contributed by atoms with Crippen LogP contribution in [-0.4, -0.2) is 25.2 Å². The molecule has 0 spiro atoms. The molecular weight excluding hydrogens is 236 g/mol. The number of alkyl halides is 1. The topological polar surface area (TPSA) is 35.5 Å². The first kappa shape index (κ1) is 12.8. The molecule has 0 aromatic carbocycles. The van der Waals surface area contributed by atoms with Gasteiger partial charge < -0.3 is 9.47 Å². The Morgan fingerprint density at radius 3 is 2.38 bits per heavy atom. The summed E-state index contributed by atoms with van der Waals surface area (Å²) in [6.45, 7) is 0.473. The summed E-state index contributed by atoms with van der Waals surface area (Å²) in [5.41, 5.74) is 0. The van der Waals surface area contributed by atoms with E-state index in [0.717, 1.165) is 18.2 Å². The number of halogens is 1. The maximum absolute atomic E-state index is 10.5. The van der Waals surface area contributed by atoms with Gasteiger partial charge in [-0.15, -0.1) is 0 Å². The van der Waals surface area contributed by atoms with Gasteiger partial charge in [0.2, 0.25) is 0 Å². The van der Waals surface area contributed by atoms with E-state index in [1.165, 1.54) is 26.4 Å². The van der Waals surface area contributed by atoms with Gasteiger partial charge in [-0.3, -0.25) is 0 Å². The zero-order valence-electron chi connectivity index (χ0n) is 8.05. The lowest BCUT2D eigenvalue weighted by Gasteiger charge is -2.02. The van der Waals surface area contributed by atoms with E-state index in [4.69, 9.17) is 4.74 Å². The van der Waals surface area contributed by atoms with Crippen LogP contribution < -0.4 is 0 Å². The molecule has 0 saturated heterocycles. The molecule has 0 heterocycles. The van der Waals surface area contributed by atoms with Crippen LogP contribution in [0, 0.1) is 0 Å². The summed E-state index contributed by atoms with van der Waals surface area (Å²) in [6, 6.07) is 0. The molecule has 0 amide bonds. The summed E-state index contributed by atoms with van der Waals surface area (Å²) >= 11 is 3.37. The Kier molecular flexibility index (Phi) is 9.65. The van der Waals surface area contributed by atoms with E-state index in [1.54, 1.807) is 0 Å². The van der Waals surface area contributed by atoms with E-state index in [-0.39, 0.29) is 0 Å². The third-order valence-electron chi connectivity index (χ3n) is 1.66. The Hall–Kier alpha value is -0.250. The number of carbonyl (C=O) groups excluding carboxylic acids is 1. The van der Waals surface area contributed by atoms with Crippen molar-refractivity contribution in [1.82, 2.24) is 0 Å². The molecule has 78 valence electrons. The van der Waals surface area contributed by atoms with Gasteiger partial charge >= 0.3 is 6.16 Å². The fourth-order valence-electron chi connectivity index (χ4n) is 0.941. The lowest BCUT2D eigenvalue weighted by molar-refractivity contribution is 0.0713. The highest BCUT2D eigenvalue weighted by Crippen LogP contribution is 2.04. The number of ether oxygens (including phenoxy) is 2. The Labute approximate surface area is 87.9 Å². The molecule has 0 atom stereocenters. The summed E-state index contributed by atoms with van der Waals surface area (Å²) in [4.78, 5) is 10.5. The first-order chi connectivity index (χ1) is 6.31. The molecule has 0 aromatic rings. The number of methoxy groups -OCH3 is 1. The summed E-state index contributed by atoms with van der Waals surface area (Å²) in [6.07, 6.45) is 5.12. The molecular formula is C9H17BrO3. The van der Waals surface area contributed by atoms with Gasteiger partial charge in [-0.25, -0.2) is 4.79 Å². The molecule has 0 bridgehead atoms. The number of hydrogen-bond acceptors (Lipinski definition) is 3. The van der Waals surface area contributed by atoms with Crippen molar-refractivity contribution < 1.29 is 14.3 Å². The Morgan fingerprint density at radius 2 is 1.77 bits per heavy atom. The fraction of sp³-hybridized carbons (Fsp3) is 0.889. The Balaban J connectivity index is 2.95. The normalized spacial score (nSPS) is 9.69. The van der Waals surface area contributed by atoms with Crippen LogP contribution in [0.5, 0.6) is 0 Å². The van der Waals surface area contributed by atoms with Crippen LogP contribution in [0.2, 0.25) is 0 Å². The summed E-state index contributed by atoms with van der Waals surface area (Å²) in [7, 11) is 1.32. The van der Waals surface area contributed by atoms with Crippen LogP contribution in [-0.2, 0) is 9.47 Å². The quantitative estimate of drug-likeness (QED) is 0.397. The minimum Gasteiger partial charge on any atom is -0.438 e. The van der Waals surface area contributed by atoms with Gasteiger partial charge in [-0.05, 0) is 12.8 Å². The molecule has 3 nitrogen and oxygen atoms in total. The third kappa shape index (κ3) is 9.67. The van der Waals surface area contributed by atoms with E-state index in [9.17, 15) is 4.79 Å². The Bertz CT molecular complexity index is 128. The van der Waals surface area contributed by atoms with Crippen molar-refractivity contribution in [3.63, 3.8) is 0 Å². The second-order valence-corrected chi connectivity index (χ2v) is 3.55. The second kappa shape index (κ2) is 9.84. The van der Waals surface area contributed by atoms with Crippen molar-refractivity contribution in [3.8, 4) is 0 Å². The van der Waals surface area contributed by atoms with Crippen LogP contribution in [0.3, 0.4) is 0 Å². The largest absolute Gasteiger partial charge is 0.507 e. The molecule has 0 saturated carbocycles. The van der Waals surface area contributed by atoms with Gasteiger partial charge in [0.25, 0.3) is 0 Å². The predicted molar refractivity (Wildman–Crippen MR) is 55.2 cm³/mol. The zero-order chi connectivity index (χ0) is 9.94. The van der Waals surface area contributed by atoms with E-state index in [2.05, 4.69) is 20.7 Å². The average molecular weight is 253 g/mol. The van der Waals surface area contributed by atoms with Crippen molar-refractivity contribution in [2.45, 2.75) is 32.1 Å². The summed E-state index contributed by atoms with van der Waals surface area (Å²) in [5, 5.41) is 1.08. The number of rotatable bonds is 7. The molecule has 0 fully saturated rings. The SMILES string of the molecule is COC(=O)OCCCCCCCBr. The van der Waals surface area contributed by atoms with Gasteiger partial charge in [0.15, 0.2) is 0 Å². The number of hydrogen-bond donors (Lipinski definition) is 0. The molecule has 0 N–H and O–H groups in total. The predicted octanol–water partition coefficient (Wildman–Crippen LogP) is 3.11. The maximum Gasteiger partial charge on any atom is 0.507 e. The summed E-state index contributed by atoms with van der Waals surface area (Å²) in [5.74, 6) is 0. The molecule has 0 aliphatic carbocycles. The first-order valence-corrected chi connectivity index (χ1v) is 5.70. The number of unbranched alkanes of at least 4 members (excludes halogenated alkanes) is 4. The highest BCUT2D eigenvalue weighted by atomic mass is 79.9. The van der Waals surface area contributed by atoms with Crippen molar-refractivity contribution in [3.05, 3.63) is 0 Å². The number of carbonyl (C=O) groups is 1. The third-order valence-corrected chi connectivity index (χ3v) is 2.23. The van der Waals surface area contributed by atoms with Crippen molar-refractivity contribution in [2.75, 3.05) is 19.0 Å². The second-order valence-electron chi connectivity index (χ2n) is 2.76. The zero-order valence-corrected chi connectivity index (χ0v) is 9.64. The smallest absolute Gasteiger partial charge is 0.438 e. The first-order valence-electron chi connectivity index (χ1n) is 4.58. The highest BCUT2D eigenvalue weighted by Gasteiger charge is 1.98. The fourth-order valence-corrected chi connectivity index (χ4v) is 1.34. The van der Waals surface area contributed by atoms with Crippen molar-refractivity contribution in [1.29, 1.82) is 0 Å². The van der Waals surface area contributed by atoms with Gasteiger partial charge in [0, 0.05) is 5.33 Å². The molecule has 0 aliphatic heterocycles. The highest BCUT2D eigenvalue weighted by molar-refractivity contribution is 9.09. The minimum atomic E-state index is -0.583. The van der Waals surface area contributed by atoms with Gasteiger partial charge in [-0.1, -0.05) is 35.2 Å². The molecule has 13 heavy (non-hydrogen) atoms. The van der Waals surface area contributed by atoms with Crippen LogP contribution in [0.1, 0.15) is 32.1 Å². The molecule has 0 unspecified atom stereocenters. The monoisotopic (exact) mass is 252 g/mol. The molecule has 0 radical (unpaired) electrons. The Morgan fingerprint density at radius 1 is 1.15 bits per heavy atom. The van der Waals surface area contributed by atoms with Crippen LogP contribution in [0.15, 0.2) is 0 Å². The van der Waals surface area contributed by atoms with Gasteiger partial charge in [0.05, 0.1) is 13.7 Å². The van der Waals surface area contributed by atoms with Crippen molar-refractivity contribution in [2.24, 2.45) is 0 Å². The van der Waals surface area contributed by atoms with Crippen molar-refractivity contribution >= 4 is 22.1 Å². The van der Waals surface area contributed by atoms with E-state index >= 15 is 0 Å². The maximum atomic E-state index is 10.5. The summed E-state index contributed by atoms with van der Waals surface area (Å²) < 4.78 is 9.06. The molecule has 0 aliphatic rings. The molecule has 4 heteroatoms. The standard InChI is InChI=1S/C9H17BrO3/c1-12-9(11)13-8-6-4-2-3-5-7-10/h2-8H2,1H3. The van der Waals surface area contributed by atoms with E-state index in [0.29, 0.717) is 6.61 Å². The average Bonchev–Trinajstić information content (AvgIpc) is 2.16.